The summed E-state index contributed by atoms with van der Waals surface area (Å²) in [6, 6.07) is 9.53. The Balaban J connectivity index is 1.76. The number of methoxy groups -OCH3 is 1. The molecule has 1 aromatic carbocycles. The van der Waals surface area contributed by atoms with E-state index in [4.69, 9.17) is 9.15 Å². The number of furan rings is 1. The summed E-state index contributed by atoms with van der Waals surface area (Å²) >= 11 is 0. The molecule has 1 heterocycles. The zero-order valence-electron chi connectivity index (χ0n) is 12.3. The quantitative estimate of drug-likeness (QED) is 0.822. The van der Waals surface area contributed by atoms with Gasteiger partial charge in [0.15, 0.2) is 0 Å². The first-order valence-corrected chi connectivity index (χ1v) is 6.86. The van der Waals surface area contributed by atoms with Crippen LogP contribution in [0.4, 0.5) is 5.69 Å². The van der Waals surface area contributed by atoms with Gasteiger partial charge < -0.3 is 19.8 Å². The molecule has 0 aliphatic rings. The molecular weight excluding hydrogens is 268 g/mol. The summed E-state index contributed by atoms with van der Waals surface area (Å²) in [5.41, 5.74) is 2.04. The van der Waals surface area contributed by atoms with Gasteiger partial charge >= 0.3 is 0 Å². The van der Waals surface area contributed by atoms with Crippen LogP contribution in [-0.4, -0.2) is 19.6 Å². The Kier molecular flexibility index (Phi) is 5.26. The summed E-state index contributed by atoms with van der Waals surface area (Å²) in [6.45, 7) is 2.98. The Labute approximate surface area is 124 Å². The molecule has 1 amide bonds. The fraction of sp³-hybridized carbons (Fsp3) is 0.312. The van der Waals surface area contributed by atoms with E-state index in [9.17, 15) is 4.79 Å². The second kappa shape index (κ2) is 7.38. The van der Waals surface area contributed by atoms with Gasteiger partial charge in [-0.3, -0.25) is 4.79 Å². The van der Waals surface area contributed by atoms with Crippen molar-refractivity contribution in [2.75, 3.05) is 19.0 Å². The number of carbonyl (C=O) groups is 1. The molecule has 112 valence electrons. The number of benzene rings is 1. The summed E-state index contributed by atoms with van der Waals surface area (Å²) in [5, 5.41) is 6.03. The molecule has 0 aliphatic carbocycles. The average molecular weight is 288 g/mol. The Morgan fingerprint density at radius 1 is 1.33 bits per heavy atom. The van der Waals surface area contributed by atoms with Crippen molar-refractivity contribution in [1.29, 1.82) is 0 Å². The van der Waals surface area contributed by atoms with Crippen LogP contribution in [0, 0.1) is 6.92 Å². The van der Waals surface area contributed by atoms with Gasteiger partial charge in [0.25, 0.3) is 0 Å². The topological polar surface area (TPSA) is 63.5 Å². The smallest absolute Gasteiger partial charge is 0.222 e. The molecule has 0 unspecified atom stereocenters. The van der Waals surface area contributed by atoms with E-state index in [0.29, 0.717) is 19.5 Å². The lowest BCUT2D eigenvalue weighted by Crippen LogP contribution is -2.24. The standard InChI is InChI=1S/C16H20N2O3/c1-12-5-6-15(20-2)14(10-12)17-8-7-16(19)18-11-13-4-3-9-21-13/h3-6,9-10,17H,7-8,11H2,1-2H3,(H,18,19). The number of ether oxygens (including phenoxy) is 1. The molecule has 5 nitrogen and oxygen atoms in total. The van der Waals surface area contributed by atoms with E-state index in [2.05, 4.69) is 10.6 Å². The van der Waals surface area contributed by atoms with Gasteiger partial charge in [-0.25, -0.2) is 0 Å². The van der Waals surface area contributed by atoms with Gasteiger partial charge in [-0.05, 0) is 36.8 Å². The second-order valence-electron chi connectivity index (χ2n) is 4.74. The first-order valence-electron chi connectivity index (χ1n) is 6.86. The monoisotopic (exact) mass is 288 g/mol. The minimum atomic E-state index is -0.0227. The van der Waals surface area contributed by atoms with Crippen LogP contribution >= 0.6 is 0 Å². The van der Waals surface area contributed by atoms with E-state index < -0.39 is 0 Å². The van der Waals surface area contributed by atoms with E-state index in [1.165, 1.54) is 0 Å². The lowest BCUT2D eigenvalue weighted by Gasteiger charge is -2.11. The molecule has 0 fully saturated rings. The third kappa shape index (κ3) is 4.56. The van der Waals surface area contributed by atoms with Crippen molar-refractivity contribution in [3.8, 4) is 5.75 Å². The van der Waals surface area contributed by atoms with Crippen molar-refractivity contribution in [3.05, 3.63) is 47.9 Å². The Morgan fingerprint density at radius 3 is 2.90 bits per heavy atom. The van der Waals surface area contributed by atoms with E-state index in [1.807, 2.05) is 31.2 Å². The number of carbonyl (C=O) groups excluding carboxylic acids is 1. The number of hydrogen-bond donors (Lipinski definition) is 2. The van der Waals surface area contributed by atoms with E-state index in [1.54, 1.807) is 19.4 Å². The van der Waals surface area contributed by atoms with Gasteiger partial charge in [0, 0.05) is 13.0 Å². The minimum absolute atomic E-state index is 0.0227. The number of hydrogen-bond acceptors (Lipinski definition) is 4. The lowest BCUT2D eigenvalue weighted by atomic mass is 10.2. The zero-order chi connectivity index (χ0) is 15.1. The van der Waals surface area contributed by atoms with Crippen LogP contribution in [0.15, 0.2) is 41.0 Å². The zero-order valence-corrected chi connectivity index (χ0v) is 12.3. The first kappa shape index (κ1) is 15.0. The van der Waals surface area contributed by atoms with Crippen LogP contribution in [0.2, 0.25) is 0 Å². The average Bonchev–Trinajstić information content (AvgIpc) is 2.99. The largest absolute Gasteiger partial charge is 0.495 e. The van der Waals surface area contributed by atoms with Gasteiger partial charge in [0.2, 0.25) is 5.91 Å². The summed E-state index contributed by atoms with van der Waals surface area (Å²) in [6.07, 6.45) is 1.98. The normalized spacial score (nSPS) is 10.2. The van der Waals surface area contributed by atoms with Crippen LogP contribution in [0.1, 0.15) is 17.7 Å². The second-order valence-corrected chi connectivity index (χ2v) is 4.74. The molecule has 21 heavy (non-hydrogen) atoms. The van der Waals surface area contributed by atoms with Crippen molar-refractivity contribution >= 4 is 11.6 Å². The maximum Gasteiger partial charge on any atom is 0.222 e. The Hall–Kier alpha value is -2.43. The molecule has 1 aromatic heterocycles. The summed E-state index contributed by atoms with van der Waals surface area (Å²) < 4.78 is 10.4. The molecule has 0 atom stereocenters. The highest BCUT2D eigenvalue weighted by Crippen LogP contribution is 2.24. The van der Waals surface area contributed by atoms with Crippen LogP contribution in [0.25, 0.3) is 0 Å². The minimum Gasteiger partial charge on any atom is -0.495 e. The highest BCUT2D eigenvalue weighted by molar-refractivity contribution is 5.76. The predicted molar refractivity (Wildman–Crippen MR) is 81.4 cm³/mol. The van der Waals surface area contributed by atoms with Crippen molar-refractivity contribution in [2.45, 2.75) is 19.9 Å². The van der Waals surface area contributed by atoms with Crippen molar-refractivity contribution in [2.24, 2.45) is 0 Å². The molecule has 5 heteroatoms. The highest BCUT2D eigenvalue weighted by Gasteiger charge is 2.05. The van der Waals surface area contributed by atoms with E-state index in [0.717, 1.165) is 22.8 Å². The lowest BCUT2D eigenvalue weighted by molar-refractivity contribution is -0.121. The molecule has 0 spiro atoms. The van der Waals surface area contributed by atoms with E-state index >= 15 is 0 Å². The van der Waals surface area contributed by atoms with Crippen LogP contribution < -0.4 is 15.4 Å². The van der Waals surface area contributed by atoms with Gasteiger partial charge in [-0.15, -0.1) is 0 Å². The molecule has 0 aliphatic heterocycles. The van der Waals surface area contributed by atoms with E-state index in [-0.39, 0.29) is 5.91 Å². The van der Waals surface area contributed by atoms with Crippen molar-refractivity contribution in [3.63, 3.8) is 0 Å². The van der Waals surface area contributed by atoms with Crippen LogP contribution in [0.5, 0.6) is 5.75 Å². The maximum absolute atomic E-state index is 11.7. The van der Waals surface area contributed by atoms with Gasteiger partial charge in [0.05, 0.1) is 25.6 Å². The number of anilines is 1. The van der Waals surface area contributed by atoms with Crippen LogP contribution in [-0.2, 0) is 11.3 Å². The summed E-state index contributed by atoms with van der Waals surface area (Å²) in [4.78, 5) is 11.7. The molecule has 0 radical (unpaired) electrons. The number of amides is 1. The first-order chi connectivity index (χ1) is 10.2. The SMILES string of the molecule is COc1ccc(C)cc1NCCC(=O)NCc1ccco1. The molecule has 2 N–H and O–H groups in total. The number of rotatable bonds is 7. The fourth-order valence-corrected chi connectivity index (χ4v) is 1.96. The number of aryl methyl sites for hydroxylation is 1. The van der Waals surface area contributed by atoms with Gasteiger partial charge in [0.1, 0.15) is 11.5 Å². The Morgan fingerprint density at radius 2 is 2.19 bits per heavy atom. The Bertz CT molecular complexity index is 579. The van der Waals surface area contributed by atoms with Crippen LogP contribution in [0.3, 0.4) is 0 Å². The third-order valence-electron chi connectivity index (χ3n) is 3.06. The summed E-state index contributed by atoms with van der Waals surface area (Å²) in [5.74, 6) is 1.50. The van der Waals surface area contributed by atoms with Crippen molar-refractivity contribution in [1.82, 2.24) is 5.32 Å². The predicted octanol–water partition coefficient (Wildman–Crippen LogP) is 2.72. The van der Waals surface area contributed by atoms with Crippen molar-refractivity contribution < 1.29 is 13.9 Å². The molecule has 0 saturated heterocycles. The molecule has 0 bridgehead atoms. The third-order valence-corrected chi connectivity index (χ3v) is 3.06. The maximum atomic E-state index is 11.7. The summed E-state index contributed by atoms with van der Waals surface area (Å²) in [7, 11) is 1.63. The molecule has 2 rings (SSSR count). The molecular formula is C16H20N2O3. The van der Waals surface area contributed by atoms with Gasteiger partial charge in [-0.1, -0.05) is 6.07 Å². The number of nitrogens with one attached hydrogen (secondary N) is 2. The van der Waals surface area contributed by atoms with Gasteiger partial charge in [-0.2, -0.15) is 0 Å². The molecule has 0 saturated carbocycles. The fourth-order valence-electron chi connectivity index (χ4n) is 1.96. The molecule has 2 aromatic rings. The highest BCUT2D eigenvalue weighted by atomic mass is 16.5.